The molecule has 2 atom stereocenters. The van der Waals surface area contributed by atoms with Crippen LogP contribution in [0.1, 0.15) is 37.8 Å². The van der Waals surface area contributed by atoms with E-state index in [0.717, 1.165) is 10.4 Å². The Kier molecular flexibility index (Phi) is 2.98. The van der Waals surface area contributed by atoms with Gasteiger partial charge in [-0.3, -0.25) is 4.79 Å². The second-order valence-electron chi connectivity index (χ2n) is 4.17. The number of ketones is 1. The van der Waals surface area contributed by atoms with Gasteiger partial charge in [-0.1, -0.05) is 24.3 Å². The predicted molar refractivity (Wildman–Crippen MR) is 72.5 cm³/mol. The quantitative estimate of drug-likeness (QED) is 0.738. The van der Waals surface area contributed by atoms with E-state index in [1.165, 1.54) is 11.3 Å². The van der Waals surface area contributed by atoms with Crippen LogP contribution in [-0.4, -0.2) is 12.9 Å². The molecule has 0 N–H and O–H groups in total. The van der Waals surface area contributed by atoms with Crippen LogP contribution in [0, 0.1) is 0 Å². The van der Waals surface area contributed by atoms with Crippen LogP contribution in [0.25, 0.3) is 0 Å². The smallest absolute Gasteiger partial charge is 0.194 e. The van der Waals surface area contributed by atoms with E-state index in [-0.39, 0.29) is 17.3 Å². The zero-order valence-corrected chi connectivity index (χ0v) is 11.3. The van der Waals surface area contributed by atoms with Crippen molar-refractivity contribution in [3.05, 3.63) is 57.3 Å². The van der Waals surface area contributed by atoms with Gasteiger partial charge in [-0.25, -0.2) is 0 Å². The average molecular weight is 279 g/mol. The highest BCUT2D eigenvalue weighted by atomic mass is 35.5. The Hall–Kier alpha value is -1.16. The van der Waals surface area contributed by atoms with Crippen LogP contribution in [0.15, 0.2) is 35.7 Å². The summed E-state index contributed by atoms with van der Waals surface area (Å²) in [4.78, 5) is 13.4. The first-order chi connectivity index (χ1) is 8.74. The summed E-state index contributed by atoms with van der Waals surface area (Å²) in [6.45, 7) is 0. The maximum atomic E-state index is 12.5. The van der Waals surface area contributed by atoms with Gasteiger partial charge in [-0.15, -0.1) is 22.9 Å². The number of methoxy groups -OCH3 is 1. The molecule has 0 fully saturated rings. The molecule has 0 bridgehead atoms. The first-order valence-electron chi connectivity index (χ1n) is 5.62. The second kappa shape index (κ2) is 4.50. The molecule has 2 unspecified atom stereocenters. The zero-order valence-electron chi connectivity index (χ0n) is 9.72. The molecule has 0 saturated carbocycles. The lowest BCUT2D eigenvalue weighted by Gasteiger charge is -2.19. The number of carbonyl (C=O) groups is 1. The standard InChI is InChI=1S/C14H11ClO2S/c1-17-13-11(15)8-4-2-3-5-9(8)12(16)10-6-7-18-14(10)13/h2-7,11,13H,1H3. The third kappa shape index (κ3) is 1.62. The van der Waals surface area contributed by atoms with E-state index in [4.69, 9.17) is 16.3 Å². The maximum absolute atomic E-state index is 12.5. The summed E-state index contributed by atoms with van der Waals surface area (Å²) in [7, 11) is 1.63. The number of halogens is 1. The molecular formula is C14H11ClO2S. The van der Waals surface area contributed by atoms with Gasteiger partial charge in [0.2, 0.25) is 0 Å². The summed E-state index contributed by atoms with van der Waals surface area (Å²) >= 11 is 8.02. The van der Waals surface area contributed by atoms with Gasteiger partial charge >= 0.3 is 0 Å². The second-order valence-corrected chi connectivity index (χ2v) is 5.59. The fraction of sp³-hybridized carbons (Fsp3) is 0.214. The van der Waals surface area contributed by atoms with Crippen LogP contribution in [-0.2, 0) is 4.74 Å². The molecule has 92 valence electrons. The monoisotopic (exact) mass is 278 g/mol. The molecule has 0 spiro atoms. The molecule has 1 heterocycles. The third-order valence-electron chi connectivity index (χ3n) is 3.22. The Bertz CT molecular complexity index is 605. The highest BCUT2D eigenvalue weighted by molar-refractivity contribution is 7.10. The predicted octanol–water partition coefficient (Wildman–Crippen LogP) is 3.96. The van der Waals surface area contributed by atoms with Crippen molar-refractivity contribution < 1.29 is 9.53 Å². The lowest BCUT2D eigenvalue weighted by molar-refractivity contribution is 0.0997. The Morgan fingerprint density at radius 3 is 2.78 bits per heavy atom. The first-order valence-corrected chi connectivity index (χ1v) is 6.93. The van der Waals surface area contributed by atoms with Gasteiger partial charge in [-0.05, 0) is 17.0 Å². The summed E-state index contributed by atoms with van der Waals surface area (Å²) in [5, 5.41) is 1.57. The van der Waals surface area contributed by atoms with Crippen molar-refractivity contribution >= 4 is 28.7 Å². The van der Waals surface area contributed by atoms with Crippen molar-refractivity contribution in [3.8, 4) is 0 Å². The van der Waals surface area contributed by atoms with Gasteiger partial charge < -0.3 is 4.74 Å². The van der Waals surface area contributed by atoms with E-state index >= 15 is 0 Å². The maximum Gasteiger partial charge on any atom is 0.194 e. The van der Waals surface area contributed by atoms with Crippen molar-refractivity contribution in [1.82, 2.24) is 0 Å². The van der Waals surface area contributed by atoms with Crippen LogP contribution in [0.3, 0.4) is 0 Å². The Morgan fingerprint density at radius 2 is 2.00 bits per heavy atom. The number of thiophene rings is 1. The van der Waals surface area contributed by atoms with Gasteiger partial charge in [0.05, 0.1) is 5.38 Å². The average Bonchev–Trinajstić information content (AvgIpc) is 2.85. The fourth-order valence-corrected chi connectivity index (χ4v) is 3.84. The molecule has 1 aliphatic carbocycles. The van der Waals surface area contributed by atoms with E-state index in [1.807, 2.05) is 35.7 Å². The molecule has 2 nitrogen and oxygen atoms in total. The Balaban J connectivity index is 2.28. The van der Waals surface area contributed by atoms with E-state index in [1.54, 1.807) is 7.11 Å². The van der Waals surface area contributed by atoms with Crippen molar-refractivity contribution in [2.75, 3.05) is 7.11 Å². The van der Waals surface area contributed by atoms with E-state index in [2.05, 4.69) is 0 Å². The summed E-state index contributed by atoms with van der Waals surface area (Å²) in [5.41, 5.74) is 2.23. The Morgan fingerprint density at radius 1 is 1.22 bits per heavy atom. The first kappa shape index (κ1) is 11.9. The Labute approximate surface area is 114 Å². The van der Waals surface area contributed by atoms with E-state index in [0.29, 0.717) is 11.1 Å². The van der Waals surface area contributed by atoms with Crippen LogP contribution in [0.5, 0.6) is 0 Å². The lowest BCUT2D eigenvalue weighted by atomic mass is 10.0. The van der Waals surface area contributed by atoms with Crippen LogP contribution >= 0.6 is 22.9 Å². The summed E-state index contributed by atoms with van der Waals surface area (Å²) in [6, 6.07) is 9.33. The minimum absolute atomic E-state index is 0.0343. The molecular weight excluding hydrogens is 268 g/mol. The van der Waals surface area contributed by atoms with Gasteiger partial charge in [0.15, 0.2) is 5.78 Å². The molecule has 2 aromatic rings. The summed E-state index contributed by atoms with van der Waals surface area (Å²) in [5.74, 6) is 0.0343. The van der Waals surface area contributed by atoms with Gasteiger partial charge in [0.25, 0.3) is 0 Å². The molecule has 1 aromatic heterocycles. The highest BCUT2D eigenvalue weighted by Gasteiger charge is 2.34. The summed E-state index contributed by atoms with van der Waals surface area (Å²) in [6.07, 6.45) is -0.269. The molecule has 0 aliphatic heterocycles. The number of ether oxygens (including phenoxy) is 1. The molecule has 3 rings (SSSR count). The molecule has 1 aliphatic rings. The molecule has 0 radical (unpaired) electrons. The van der Waals surface area contributed by atoms with Crippen LogP contribution in [0.2, 0.25) is 0 Å². The number of carbonyl (C=O) groups excluding carboxylic acids is 1. The zero-order chi connectivity index (χ0) is 12.7. The molecule has 0 amide bonds. The van der Waals surface area contributed by atoms with E-state index < -0.39 is 0 Å². The number of hydrogen-bond acceptors (Lipinski definition) is 3. The SMILES string of the molecule is COC1c2sccc2C(=O)c2ccccc2C1Cl. The van der Waals surface area contributed by atoms with Crippen LogP contribution in [0.4, 0.5) is 0 Å². The number of rotatable bonds is 1. The van der Waals surface area contributed by atoms with Crippen LogP contribution < -0.4 is 0 Å². The molecule has 4 heteroatoms. The van der Waals surface area contributed by atoms with Crippen molar-refractivity contribution in [1.29, 1.82) is 0 Å². The highest BCUT2D eigenvalue weighted by Crippen LogP contribution is 2.45. The minimum Gasteiger partial charge on any atom is -0.374 e. The topological polar surface area (TPSA) is 26.3 Å². The normalized spacial score (nSPS) is 22.2. The number of benzene rings is 1. The number of hydrogen-bond donors (Lipinski definition) is 0. The molecule has 18 heavy (non-hydrogen) atoms. The minimum atomic E-state index is -0.338. The molecule has 1 aromatic carbocycles. The van der Waals surface area contributed by atoms with E-state index in [9.17, 15) is 4.79 Å². The van der Waals surface area contributed by atoms with Gasteiger partial charge in [0, 0.05) is 23.1 Å². The molecule has 0 saturated heterocycles. The summed E-state index contributed by atoms with van der Waals surface area (Å²) < 4.78 is 5.50. The largest absolute Gasteiger partial charge is 0.374 e. The third-order valence-corrected chi connectivity index (χ3v) is 4.66. The number of fused-ring (bicyclic) bond motifs is 2. The fourth-order valence-electron chi connectivity index (χ4n) is 2.34. The lowest BCUT2D eigenvalue weighted by Crippen LogP contribution is -2.07. The van der Waals surface area contributed by atoms with Crippen molar-refractivity contribution in [2.24, 2.45) is 0 Å². The van der Waals surface area contributed by atoms with Gasteiger partial charge in [0.1, 0.15) is 6.10 Å². The van der Waals surface area contributed by atoms with Gasteiger partial charge in [-0.2, -0.15) is 0 Å². The van der Waals surface area contributed by atoms with Crippen molar-refractivity contribution in [3.63, 3.8) is 0 Å². The van der Waals surface area contributed by atoms with Crippen molar-refractivity contribution in [2.45, 2.75) is 11.5 Å². The number of alkyl halides is 1.